The van der Waals surface area contributed by atoms with E-state index in [1.165, 1.54) is 238 Å². The van der Waals surface area contributed by atoms with Crippen LogP contribution in [0.4, 0.5) is 0 Å². The highest BCUT2D eigenvalue weighted by molar-refractivity contribution is 5.76. The van der Waals surface area contributed by atoms with Gasteiger partial charge in [-0.05, 0) is 64.2 Å². The lowest BCUT2D eigenvalue weighted by molar-refractivity contribution is -0.359. The Balaban J connectivity index is 1.58. The predicted octanol–water partition coefficient (Wildman–Crippen LogP) is 14.7. The normalized spacial score (nSPS) is 23.7. The highest BCUT2D eigenvalue weighted by Crippen LogP contribution is 2.30. The van der Waals surface area contributed by atoms with Crippen LogP contribution >= 0.6 is 0 Å². The molecule has 86 heavy (non-hydrogen) atoms. The third kappa shape index (κ3) is 40.6. The number of unbranched alkanes of at least 4 members (excludes halogenated alkanes) is 40. The van der Waals surface area contributed by atoms with Crippen molar-refractivity contribution in [3.8, 4) is 0 Å². The number of rotatable bonds is 59. The Morgan fingerprint density at radius 1 is 0.419 bits per heavy atom. The van der Waals surface area contributed by atoms with E-state index in [1.807, 2.05) is 6.08 Å². The summed E-state index contributed by atoms with van der Waals surface area (Å²) in [5.41, 5.74) is 0. The van der Waals surface area contributed by atoms with E-state index in [0.717, 1.165) is 38.5 Å². The third-order valence-corrected chi connectivity index (χ3v) is 17.5. The molecule has 2 fully saturated rings. The van der Waals surface area contributed by atoms with Crippen LogP contribution in [0.5, 0.6) is 0 Å². The maximum absolute atomic E-state index is 13.3. The van der Waals surface area contributed by atoms with Crippen LogP contribution in [-0.4, -0.2) is 140 Å². The van der Waals surface area contributed by atoms with Gasteiger partial charge in [0, 0.05) is 6.42 Å². The summed E-state index contributed by atoms with van der Waals surface area (Å²) in [5.74, 6) is -0.245. The minimum absolute atomic E-state index is 0.245. The SMILES string of the molecule is CCCCCCC/C=C\C/C=C\CCCCCCCCCCCCCCCCCCCCCCCCCCCC(=O)NC(COC1OC(CO)C(OC2OC(CO)C(O)C(O)C2O)C(O)C1O)C(O)/C=C/CC/C=C/CCCCCCCCCCC. The van der Waals surface area contributed by atoms with E-state index < -0.39 is 86.8 Å². The molecule has 0 aliphatic carbocycles. The first-order chi connectivity index (χ1) is 42.1. The number of hydrogen-bond donors (Lipinski definition) is 9. The Kier molecular flexibility index (Phi) is 53.0. The van der Waals surface area contributed by atoms with E-state index in [0.29, 0.717) is 12.8 Å². The molecule has 14 heteroatoms. The summed E-state index contributed by atoms with van der Waals surface area (Å²) < 4.78 is 22.8. The van der Waals surface area contributed by atoms with E-state index >= 15 is 0 Å². The summed E-state index contributed by atoms with van der Waals surface area (Å²) in [7, 11) is 0. The number of carbonyl (C=O) groups is 1. The molecular weight excluding hydrogens is 1090 g/mol. The quantitative estimate of drug-likeness (QED) is 0.0204. The van der Waals surface area contributed by atoms with Crippen molar-refractivity contribution in [2.45, 2.75) is 383 Å². The maximum atomic E-state index is 13.3. The molecule has 2 aliphatic heterocycles. The molecule has 2 aliphatic rings. The van der Waals surface area contributed by atoms with Gasteiger partial charge in [-0.3, -0.25) is 4.79 Å². The number of amides is 1. The first-order valence-corrected chi connectivity index (χ1v) is 35.9. The lowest BCUT2D eigenvalue weighted by Crippen LogP contribution is -2.65. The van der Waals surface area contributed by atoms with Crippen molar-refractivity contribution in [1.82, 2.24) is 5.32 Å². The van der Waals surface area contributed by atoms with E-state index in [4.69, 9.17) is 18.9 Å². The summed E-state index contributed by atoms with van der Waals surface area (Å²) >= 11 is 0. The molecule has 9 N–H and O–H groups in total. The number of nitrogens with one attached hydrogen (secondary N) is 1. The van der Waals surface area contributed by atoms with Crippen LogP contribution in [-0.2, 0) is 23.7 Å². The average Bonchev–Trinajstić information content (AvgIpc) is 1.83. The zero-order valence-electron chi connectivity index (χ0n) is 54.8. The second-order valence-corrected chi connectivity index (χ2v) is 25.4. The van der Waals surface area contributed by atoms with Gasteiger partial charge in [0.2, 0.25) is 5.91 Å². The Labute approximate surface area is 524 Å². The molecule has 2 heterocycles. The largest absolute Gasteiger partial charge is 0.394 e. The number of hydrogen-bond acceptors (Lipinski definition) is 13. The fourth-order valence-corrected chi connectivity index (χ4v) is 11.8. The van der Waals surface area contributed by atoms with Crippen molar-refractivity contribution in [2.75, 3.05) is 19.8 Å². The summed E-state index contributed by atoms with van der Waals surface area (Å²) in [4.78, 5) is 13.3. The summed E-state index contributed by atoms with van der Waals surface area (Å²) in [6, 6.07) is -0.930. The summed E-state index contributed by atoms with van der Waals surface area (Å²) in [6.07, 6.45) is 57.7. The maximum Gasteiger partial charge on any atom is 0.220 e. The lowest BCUT2D eigenvalue weighted by atomic mass is 9.97. The van der Waals surface area contributed by atoms with Gasteiger partial charge in [0.1, 0.15) is 48.8 Å². The van der Waals surface area contributed by atoms with Gasteiger partial charge in [0.15, 0.2) is 12.6 Å². The molecule has 12 atom stereocenters. The minimum atomic E-state index is -1.79. The molecule has 2 rings (SSSR count). The van der Waals surface area contributed by atoms with Crippen LogP contribution in [0.3, 0.4) is 0 Å². The van der Waals surface area contributed by atoms with Crippen molar-refractivity contribution in [1.29, 1.82) is 0 Å². The van der Waals surface area contributed by atoms with Crippen LogP contribution in [0.25, 0.3) is 0 Å². The van der Waals surface area contributed by atoms with Gasteiger partial charge in [-0.15, -0.1) is 0 Å². The minimum Gasteiger partial charge on any atom is -0.394 e. The Morgan fingerprint density at radius 2 is 0.779 bits per heavy atom. The van der Waals surface area contributed by atoms with Crippen molar-refractivity contribution in [3.63, 3.8) is 0 Å². The van der Waals surface area contributed by atoms with Gasteiger partial charge < -0.3 is 65.1 Å². The van der Waals surface area contributed by atoms with Crippen LogP contribution in [0.1, 0.15) is 309 Å². The first-order valence-electron chi connectivity index (χ1n) is 35.9. The van der Waals surface area contributed by atoms with E-state index in [2.05, 4.69) is 55.6 Å². The molecule has 0 aromatic rings. The van der Waals surface area contributed by atoms with Gasteiger partial charge >= 0.3 is 0 Å². The van der Waals surface area contributed by atoms with Crippen molar-refractivity contribution in [2.24, 2.45) is 0 Å². The molecule has 0 bridgehead atoms. The molecule has 0 radical (unpaired) electrons. The fraction of sp³-hybridized carbons (Fsp3) is 0.875. The number of aliphatic hydroxyl groups is 8. The smallest absolute Gasteiger partial charge is 0.220 e. The summed E-state index contributed by atoms with van der Waals surface area (Å²) in [5, 5.41) is 87.3. The molecular formula is C72H133NO13. The van der Waals surface area contributed by atoms with Crippen molar-refractivity contribution in [3.05, 3.63) is 48.6 Å². The number of carbonyl (C=O) groups excluding carboxylic acids is 1. The Bertz CT molecular complexity index is 1630. The van der Waals surface area contributed by atoms with Crippen LogP contribution in [0, 0.1) is 0 Å². The average molecular weight is 1220 g/mol. The monoisotopic (exact) mass is 1220 g/mol. The van der Waals surface area contributed by atoms with Crippen LogP contribution in [0.15, 0.2) is 48.6 Å². The highest BCUT2D eigenvalue weighted by Gasteiger charge is 2.51. The molecule has 0 aromatic heterocycles. The zero-order chi connectivity index (χ0) is 62.3. The first kappa shape index (κ1) is 80.0. The Hall–Kier alpha value is -2.05. The Morgan fingerprint density at radius 3 is 1.21 bits per heavy atom. The van der Waals surface area contributed by atoms with Gasteiger partial charge in [-0.2, -0.15) is 0 Å². The summed E-state index contributed by atoms with van der Waals surface area (Å²) in [6.45, 7) is 2.79. The topological polar surface area (TPSA) is 228 Å². The van der Waals surface area contributed by atoms with Crippen LogP contribution < -0.4 is 5.32 Å². The molecule has 1 amide bonds. The van der Waals surface area contributed by atoms with E-state index in [1.54, 1.807) is 6.08 Å². The molecule has 0 aromatic carbocycles. The van der Waals surface area contributed by atoms with Crippen molar-refractivity contribution >= 4 is 5.91 Å². The third-order valence-electron chi connectivity index (χ3n) is 17.5. The van der Waals surface area contributed by atoms with E-state index in [9.17, 15) is 45.6 Å². The predicted molar refractivity (Wildman–Crippen MR) is 351 cm³/mol. The van der Waals surface area contributed by atoms with Gasteiger partial charge in [-0.25, -0.2) is 0 Å². The van der Waals surface area contributed by atoms with Gasteiger partial charge in [-0.1, -0.05) is 287 Å². The van der Waals surface area contributed by atoms with E-state index in [-0.39, 0.29) is 18.9 Å². The number of allylic oxidation sites excluding steroid dienone is 7. The zero-order valence-corrected chi connectivity index (χ0v) is 54.8. The molecule has 504 valence electrons. The lowest BCUT2D eigenvalue weighted by Gasteiger charge is -2.46. The molecule has 14 nitrogen and oxygen atoms in total. The molecule has 12 unspecified atom stereocenters. The molecule has 0 spiro atoms. The highest BCUT2D eigenvalue weighted by atomic mass is 16.7. The fourth-order valence-electron chi connectivity index (χ4n) is 11.8. The van der Waals surface area contributed by atoms with Gasteiger partial charge in [0.05, 0.1) is 32.0 Å². The van der Waals surface area contributed by atoms with Crippen LogP contribution in [0.2, 0.25) is 0 Å². The molecule has 0 saturated carbocycles. The second kappa shape index (κ2) is 56.9. The second-order valence-electron chi connectivity index (χ2n) is 25.4. The standard InChI is InChI=1S/C72H133NO13/c1-3-5-7-9-11-13-15-17-19-20-21-22-23-24-25-26-27-28-29-30-31-32-33-34-35-36-37-38-39-40-42-44-46-48-50-52-54-56-64(77)73-60(61(76)55-53-51-49-47-45-43-41-18-16-14-12-10-8-6-4-2)59-83-71-69(82)67(80)70(63(58-75)85-71)86-72-68(81)66(79)65(78)62(57-74)84-72/h15,17,20-21,45,47,53,55,60-63,65-72,74-76,78-82H,3-14,16,18-19,22-44,46,48-52,54,56-59H2,1-2H3,(H,73,77)/b17-15-,21-20-,47-45+,55-53+. The van der Waals surface area contributed by atoms with Gasteiger partial charge in [0.25, 0.3) is 0 Å². The van der Waals surface area contributed by atoms with Crippen molar-refractivity contribution < 1.29 is 64.6 Å². The number of ether oxygens (including phenoxy) is 4. The molecule has 2 saturated heterocycles. The number of aliphatic hydroxyl groups excluding tert-OH is 8.